The Labute approximate surface area is 184 Å². The summed E-state index contributed by atoms with van der Waals surface area (Å²) in [6, 6.07) is 18.7. The zero-order chi connectivity index (χ0) is 21.6. The number of hydrogen-bond acceptors (Lipinski definition) is 5. The molecule has 1 heterocycles. The van der Waals surface area contributed by atoms with Crippen molar-refractivity contribution >= 4 is 5.91 Å². The van der Waals surface area contributed by atoms with Gasteiger partial charge in [-0.25, -0.2) is 0 Å². The molecule has 166 valence electrons. The molecule has 6 nitrogen and oxygen atoms in total. The van der Waals surface area contributed by atoms with E-state index in [9.17, 15) is 9.90 Å². The number of likely N-dealkylation sites (tertiary alicyclic amines) is 1. The van der Waals surface area contributed by atoms with Gasteiger partial charge < -0.3 is 20.5 Å². The molecule has 0 spiro atoms. The maximum absolute atomic E-state index is 12.4. The molecule has 31 heavy (non-hydrogen) atoms. The zero-order valence-electron chi connectivity index (χ0n) is 18.2. The number of methoxy groups -OCH3 is 1. The number of hydrogen-bond donors (Lipinski definition) is 3. The molecule has 1 amide bonds. The lowest BCUT2D eigenvalue weighted by Gasteiger charge is -2.37. The third-order valence-electron chi connectivity index (χ3n) is 6.52. The summed E-state index contributed by atoms with van der Waals surface area (Å²) in [5, 5.41) is 16.7. The van der Waals surface area contributed by atoms with E-state index in [0.717, 1.165) is 25.9 Å². The smallest absolute Gasteiger partial charge is 0.255 e. The number of para-hydroxylation sites is 1. The number of ether oxygens (including phenoxy) is 1. The fraction of sp³-hybridized carbons (Fsp3) is 0.480. The first kappa shape index (κ1) is 21.8. The van der Waals surface area contributed by atoms with Crippen LogP contribution in [-0.4, -0.2) is 67.4 Å². The van der Waals surface area contributed by atoms with Crippen molar-refractivity contribution in [3.05, 3.63) is 65.7 Å². The number of carbonyl (C=O) groups excluding carboxylic acids is 1. The monoisotopic (exact) mass is 423 g/mol. The minimum Gasteiger partial charge on any atom is -0.507 e. The predicted octanol–water partition coefficient (Wildman–Crippen LogP) is 2.75. The quantitative estimate of drug-likeness (QED) is 0.578. The molecule has 3 N–H and O–H groups in total. The van der Waals surface area contributed by atoms with Gasteiger partial charge in [0.05, 0.1) is 18.2 Å². The first-order valence-electron chi connectivity index (χ1n) is 11.3. The number of nitrogens with one attached hydrogen (secondary N) is 2. The van der Waals surface area contributed by atoms with Crippen molar-refractivity contribution in [3.63, 3.8) is 0 Å². The number of aromatic hydroxyl groups is 1. The summed E-state index contributed by atoms with van der Waals surface area (Å²) in [4.78, 5) is 14.9. The fourth-order valence-corrected chi connectivity index (χ4v) is 4.64. The van der Waals surface area contributed by atoms with Gasteiger partial charge >= 0.3 is 0 Å². The molecule has 2 fully saturated rings. The number of nitrogens with zero attached hydrogens (tertiary/aromatic N) is 1. The number of phenols is 1. The van der Waals surface area contributed by atoms with Gasteiger partial charge in [-0.15, -0.1) is 0 Å². The minimum atomic E-state index is -0.253. The highest BCUT2D eigenvalue weighted by atomic mass is 16.5. The van der Waals surface area contributed by atoms with Crippen LogP contribution in [0.15, 0.2) is 54.6 Å². The first-order valence-corrected chi connectivity index (χ1v) is 11.3. The van der Waals surface area contributed by atoms with Gasteiger partial charge in [-0.3, -0.25) is 9.69 Å². The largest absolute Gasteiger partial charge is 0.507 e. The predicted molar refractivity (Wildman–Crippen MR) is 121 cm³/mol. The standard InChI is InChI=1S/C25H33N3O3/c1-31-17-20(16-26-25(30)21-9-5-6-10-24(21)29)28-13-11-19(12-14-28)27-23-15-22(23)18-7-3-2-4-8-18/h2-10,19-20,22-23,27,29H,11-17H2,1H3,(H,26,30)/t20?,22-,23+/m0/s1. The van der Waals surface area contributed by atoms with Crippen molar-refractivity contribution in [3.8, 4) is 5.75 Å². The van der Waals surface area contributed by atoms with E-state index >= 15 is 0 Å². The molecule has 4 rings (SSSR count). The molecule has 1 saturated heterocycles. The Morgan fingerprint density at radius 3 is 2.55 bits per heavy atom. The summed E-state index contributed by atoms with van der Waals surface area (Å²) in [7, 11) is 1.70. The third kappa shape index (κ3) is 5.64. The SMILES string of the molecule is COCC(CNC(=O)c1ccccc1O)N1CCC(N[C@@H]2C[C@H]2c2ccccc2)CC1. The van der Waals surface area contributed by atoms with Crippen LogP contribution in [0.25, 0.3) is 0 Å². The van der Waals surface area contributed by atoms with Crippen molar-refractivity contribution < 1.29 is 14.6 Å². The molecule has 0 bridgehead atoms. The lowest BCUT2D eigenvalue weighted by molar-refractivity contribution is 0.0656. The van der Waals surface area contributed by atoms with Gasteiger partial charge in [0.15, 0.2) is 0 Å². The normalized spacial score (nSPS) is 22.7. The van der Waals surface area contributed by atoms with Gasteiger partial charge in [-0.05, 0) is 37.0 Å². The van der Waals surface area contributed by atoms with Crippen molar-refractivity contribution in [2.75, 3.05) is 33.4 Å². The van der Waals surface area contributed by atoms with Crippen LogP contribution in [0.2, 0.25) is 0 Å². The molecule has 1 aliphatic carbocycles. The van der Waals surface area contributed by atoms with Crippen molar-refractivity contribution in [2.45, 2.75) is 43.3 Å². The highest BCUT2D eigenvalue weighted by Gasteiger charge is 2.40. The van der Waals surface area contributed by atoms with Crippen LogP contribution in [-0.2, 0) is 4.74 Å². The van der Waals surface area contributed by atoms with Gasteiger partial charge in [-0.1, -0.05) is 42.5 Å². The minimum absolute atomic E-state index is 0.00376. The molecule has 3 atom stereocenters. The maximum atomic E-state index is 12.4. The first-order chi connectivity index (χ1) is 15.2. The van der Waals surface area contributed by atoms with Gasteiger partial charge in [0.1, 0.15) is 5.75 Å². The molecule has 2 aliphatic rings. The average molecular weight is 424 g/mol. The summed E-state index contributed by atoms with van der Waals surface area (Å²) in [6.45, 7) is 3.04. The number of phenolic OH excluding ortho intramolecular Hbond substituents is 1. The Bertz CT molecular complexity index is 852. The van der Waals surface area contributed by atoms with Gasteiger partial charge in [0, 0.05) is 44.7 Å². The zero-order valence-corrected chi connectivity index (χ0v) is 18.2. The Hall–Kier alpha value is -2.41. The van der Waals surface area contributed by atoms with Crippen LogP contribution >= 0.6 is 0 Å². The van der Waals surface area contributed by atoms with Crippen LogP contribution in [0.5, 0.6) is 5.75 Å². The van der Waals surface area contributed by atoms with E-state index < -0.39 is 0 Å². The van der Waals surface area contributed by atoms with Gasteiger partial charge in [-0.2, -0.15) is 0 Å². The molecule has 6 heteroatoms. The molecule has 1 aliphatic heterocycles. The van der Waals surface area contributed by atoms with E-state index in [1.807, 2.05) is 0 Å². The second-order valence-corrected chi connectivity index (χ2v) is 8.67. The maximum Gasteiger partial charge on any atom is 0.255 e. The topological polar surface area (TPSA) is 73.8 Å². The number of piperidine rings is 1. The van der Waals surface area contributed by atoms with Crippen molar-refractivity contribution in [2.24, 2.45) is 0 Å². The van der Waals surface area contributed by atoms with Crippen LogP contribution in [0, 0.1) is 0 Å². The molecular weight excluding hydrogens is 390 g/mol. The average Bonchev–Trinajstić information content (AvgIpc) is 3.57. The summed E-state index contributed by atoms with van der Waals surface area (Å²) in [5.41, 5.74) is 1.75. The van der Waals surface area contributed by atoms with Crippen LogP contribution in [0.1, 0.15) is 41.1 Å². The number of rotatable bonds is 9. The Morgan fingerprint density at radius 2 is 1.84 bits per heavy atom. The molecule has 1 unspecified atom stereocenters. The van der Waals surface area contributed by atoms with E-state index in [1.165, 1.54) is 18.1 Å². The molecular formula is C25H33N3O3. The second-order valence-electron chi connectivity index (χ2n) is 8.67. The Morgan fingerprint density at radius 1 is 1.13 bits per heavy atom. The Kier molecular flexibility index (Phi) is 7.22. The van der Waals surface area contributed by atoms with E-state index in [1.54, 1.807) is 25.3 Å². The summed E-state index contributed by atoms with van der Waals surface area (Å²) in [5.74, 6) is 0.408. The van der Waals surface area contributed by atoms with E-state index in [2.05, 4.69) is 45.9 Å². The van der Waals surface area contributed by atoms with Gasteiger partial charge in [0.25, 0.3) is 5.91 Å². The lowest BCUT2D eigenvalue weighted by Crippen LogP contribution is -2.52. The van der Waals surface area contributed by atoms with E-state index in [4.69, 9.17) is 4.74 Å². The van der Waals surface area contributed by atoms with Crippen molar-refractivity contribution in [1.82, 2.24) is 15.5 Å². The van der Waals surface area contributed by atoms with Crippen LogP contribution in [0.4, 0.5) is 0 Å². The fourth-order valence-electron chi connectivity index (χ4n) is 4.64. The number of benzene rings is 2. The lowest BCUT2D eigenvalue weighted by atomic mass is 10.0. The molecule has 2 aromatic carbocycles. The highest BCUT2D eigenvalue weighted by Crippen LogP contribution is 2.41. The summed E-state index contributed by atoms with van der Waals surface area (Å²) < 4.78 is 5.43. The summed E-state index contributed by atoms with van der Waals surface area (Å²) >= 11 is 0. The Balaban J connectivity index is 1.23. The van der Waals surface area contributed by atoms with Gasteiger partial charge in [0.2, 0.25) is 0 Å². The summed E-state index contributed by atoms with van der Waals surface area (Å²) in [6.07, 6.45) is 3.44. The highest BCUT2D eigenvalue weighted by molar-refractivity contribution is 5.96. The molecule has 2 aromatic rings. The number of carbonyl (C=O) groups is 1. The molecule has 1 saturated carbocycles. The van der Waals surface area contributed by atoms with Crippen LogP contribution < -0.4 is 10.6 Å². The third-order valence-corrected chi connectivity index (χ3v) is 6.52. The molecule has 0 radical (unpaired) electrons. The number of amides is 1. The molecule has 0 aromatic heterocycles. The van der Waals surface area contributed by atoms with Crippen molar-refractivity contribution in [1.29, 1.82) is 0 Å². The van der Waals surface area contributed by atoms with E-state index in [-0.39, 0.29) is 17.7 Å². The van der Waals surface area contributed by atoms with Crippen LogP contribution in [0.3, 0.4) is 0 Å². The van der Waals surface area contributed by atoms with E-state index in [0.29, 0.717) is 36.7 Å². The second kappa shape index (κ2) is 10.3.